The lowest BCUT2D eigenvalue weighted by molar-refractivity contribution is -0.144. The maximum atomic E-state index is 12.9. The average Bonchev–Trinajstić information content (AvgIpc) is 2.28. The zero-order valence-electron chi connectivity index (χ0n) is 10.5. The third-order valence-corrected chi connectivity index (χ3v) is 3.26. The molecular weight excluding hydrogens is 257 g/mol. The third kappa shape index (κ3) is 3.68. The van der Waals surface area contributed by atoms with E-state index in [9.17, 15) is 14.3 Å². The van der Waals surface area contributed by atoms with Gasteiger partial charge in [0.25, 0.3) is 0 Å². The number of hydrogen-bond acceptors (Lipinski definition) is 2. The van der Waals surface area contributed by atoms with Gasteiger partial charge in [-0.3, -0.25) is 10.1 Å². The zero-order chi connectivity index (χ0) is 13.8. The first-order chi connectivity index (χ1) is 8.39. The Morgan fingerprint density at radius 3 is 2.72 bits per heavy atom. The zero-order valence-corrected chi connectivity index (χ0v) is 11.2. The molecule has 18 heavy (non-hydrogen) atoms. The van der Waals surface area contributed by atoms with Crippen LogP contribution in [0.3, 0.4) is 0 Å². The number of halogens is 2. The predicted molar refractivity (Wildman–Crippen MR) is 69.2 cm³/mol. The van der Waals surface area contributed by atoms with Gasteiger partial charge in [-0.15, -0.1) is 0 Å². The van der Waals surface area contributed by atoms with E-state index >= 15 is 0 Å². The van der Waals surface area contributed by atoms with Crippen LogP contribution in [0.15, 0.2) is 18.2 Å². The highest BCUT2D eigenvalue weighted by Gasteiger charge is 2.31. The van der Waals surface area contributed by atoms with Crippen LogP contribution in [-0.2, 0) is 11.3 Å². The first-order valence-electron chi connectivity index (χ1n) is 5.81. The van der Waals surface area contributed by atoms with Crippen LogP contribution in [-0.4, -0.2) is 16.6 Å². The van der Waals surface area contributed by atoms with Gasteiger partial charge in [0.05, 0.1) is 0 Å². The number of carboxylic acid groups (broad SMARTS) is 1. The van der Waals surface area contributed by atoms with E-state index < -0.39 is 17.3 Å². The van der Waals surface area contributed by atoms with Crippen molar-refractivity contribution in [2.75, 3.05) is 0 Å². The Morgan fingerprint density at radius 2 is 2.22 bits per heavy atom. The molecule has 0 saturated heterocycles. The first-order valence-corrected chi connectivity index (χ1v) is 6.19. The lowest BCUT2D eigenvalue weighted by Crippen LogP contribution is -2.48. The molecule has 1 aromatic rings. The van der Waals surface area contributed by atoms with Gasteiger partial charge in [0.2, 0.25) is 0 Å². The monoisotopic (exact) mass is 273 g/mol. The molecule has 0 radical (unpaired) electrons. The minimum atomic E-state index is -0.994. The number of nitrogens with one attached hydrogen (secondary N) is 1. The summed E-state index contributed by atoms with van der Waals surface area (Å²) in [7, 11) is 0. The summed E-state index contributed by atoms with van der Waals surface area (Å²) < 4.78 is 12.9. The summed E-state index contributed by atoms with van der Waals surface area (Å²) in [6.45, 7) is 3.85. The molecule has 0 amide bonds. The molecule has 3 nitrogen and oxygen atoms in total. The second-order valence-electron chi connectivity index (χ2n) is 4.48. The van der Waals surface area contributed by atoms with E-state index in [2.05, 4.69) is 5.32 Å². The van der Waals surface area contributed by atoms with Crippen LogP contribution in [0, 0.1) is 5.82 Å². The molecule has 100 valence electrons. The van der Waals surface area contributed by atoms with E-state index in [1.54, 1.807) is 13.0 Å². The van der Waals surface area contributed by atoms with Gasteiger partial charge in [0.1, 0.15) is 11.4 Å². The summed E-state index contributed by atoms with van der Waals surface area (Å²) in [6, 6.07) is 4.08. The molecule has 0 saturated carbocycles. The molecule has 1 aromatic carbocycles. The van der Waals surface area contributed by atoms with Gasteiger partial charge in [0.15, 0.2) is 0 Å². The van der Waals surface area contributed by atoms with Gasteiger partial charge < -0.3 is 5.11 Å². The molecule has 0 heterocycles. The molecule has 0 bridgehead atoms. The minimum absolute atomic E-state index is 0.294. The van der Waals surface area contributed by atoms with Crippen molar-refractivity contribution in [1.29, 1.82) is 0 Å². The van der Waals surface area contributed by atoms with E-state index in [-0.39, 0.29) is 0 Å². The number of rotatable bonds is 6. The van der Waals surface area contributed by atoms with Gasteiger partial charge in [0, 0.05) is 11.6 Å². The summed E-state index contributed by atoms with van der Waals surface area (Å²) in [5.41, 5.74) is -0.312. The smallest absolute Gasteiger partial charge is 0.323 e. The van der Waals surface area contributed by atoms with E-state index in [4.69, 9.17) is 11.6 Å². The van der Waals surface area contributed by atoms with Gasteiger partial charge in [-0.05, 0) is 31.0 Å². The Morgan fingerprint density at radius 1 is 1.56 bits per heavy atom. The number of carboxylic acids is 1. The molecule has 0 aromatic heterocycles. The second-order valence-corrected chi connectivity index (χ2v) is 4.88. The van der Waals surface area contributed by atoms with Crippen molar-refractivity contribution in [2.45, 2.75) is 38.8 Å². The Kier molecular flexibility index (Phi) is 5.11. The van der Waals surface area contributed by atoms with Gasteiger partial charge in [-0.25, -0.2) is 4.39 Å². The van der Waals surface area contributed by atoms with E-state index in [0.29, 0.717) is 23.6 Å². The van der Waals surface area contributed by atoms with Crippen LogP contribution in [0.25, 0.3) is 0 Å². The van der Waals surface area contributed by atoms with Gasteiger partial charge in [-0.1, -0.05) is 31.0 Å². The molecule has 5 heteroatoms. The molecular formula is C13H17ClFNO2. The third-order valence-electron chi connectivity index (χ3n) is 2.91. The summed E-state index contributed by atoms with van der Waals surface area (Å²) in [6.07, 6.45) is 1.27. The standard InChI is InChI=1S/C13H17ClFNO2/c1-3-6-13(2,12(17)18)16-8-9-4-5-10(15)7-11(9)14/h4-5,7,16H,3,6,8H2,1-2H3,(H,17,18). The van der Waals surface area contributed by atoms with Gasteiger partial charge in [-0.2, -0.15) is 0 Å². The topological polar surface area (TPSA) is 49.3 Å². The van der Waals surface area contributed by atoms with Crippen LogP contribution < -0.4 is 5.32 Å². The Labute approximate surface area is 111 Å². The molecule has 1 unspecified atom stereocenters. The van der Waals surface area contributed by atoms with Crippen molar-refractivity contribution in [3.8, 4) is 0 Å². The van der Waals surface area contributed by atoms with Crippen LogP contribution in [0.5, 0.6) is 0 Å². The largest absolute Gasteiger partial charge is 0.480 e. The molecule has 1 atom stereocenters. The van der Waals surface area contributed by atoms with Crippen molar-refractivity contribution < 1.29 is 14.3 Å². The molecule has 0 aliphatic heterocycles. The first kappa shape index (κ1) is 14.9. The maximum absolute atomic E-state index is 12.9. The molecule has 0 aliphatic carbocycles. The second kappa shape index (κ2) is 6.16. The van der Waals surface area contributed by atoms with E-state index in [1.165, 1.54) is 12.1 Å². The maximum Gasteiger partial charge on any atom is 0.323 e. The Bertz CT molecular complexity index is 439. The molecule has 0 fully saturated rings. The highest BCUT2D eigenvalue weighted by molar-refractivity contribution is 6.31. The quantitative estimate of drug-likeness (QED) is 0.837. The molecule has 1 rings (SSSR count). The number of carbonyl (C=O) groups is 1. The van der Waals surface area contributed by atoms with Crippen molar-refractivity contribution >= 4 is 17.6 Å². The fourth-order valence-corrected chi connectivity index (χ4v) is 1.96. The average molecular weight is 274 g/mol. The Hall–Kier alpha value is -1.13. The SMILES string of the molecule is CCCC(C)(NCc1ccc(F)cc1Cl)C(=O)O. The lowest BCUT2D eigenvalue weighted by Gasteiger charge is -2.26. The van der Waals surface area contributed by atoms with Gasteiger partial charge >= 0.3 is 5.97 Å². The normalized spacial score (nSPS) is 14.2. The van der Waals surface area contributed by atoms with Crippen molar-refractivity contribution in [1.82, 2.24) is 5.32 Å². The predicted octanol–water partition coefficient (Wildman–Crippen LogP) is 3.21. The molecule has 0 spiro atoms. The summed E-state index contributed by atoms with van der Waals surface area (Å²) in [5.74, 6) is -1.30. The number of benzene rings is 1. The fraction of sp³-hybridized carbons (Fsp3) is 0.462. The summed E-state index contributed by atoms with van der Waals surface area (Å²) >= 11 is 5.89. The minimum Gasteiger partial charge on any atom is -0.480 e. The van der Waals surface area contributed by atoms with Crippen LogP contribution in [0.4, 0.5) is 4.39 Å². The summed E-state index contributed by atoms with van der Waals surface area (Å²) in [4.78, 5) is 11.2. The lowest BCUT2D eigenvalue weighted by atomic mass is 9.96. The Balaban J connectivity index is 2.76. The molecule has 0 aliphatic rings. The van der Waals surface area contributed by atoms with Crippen LogP contribution in [0.2, 0.25) is 5.02 Å². The van der Waals surface area contributed by atoms with Crippen molar-refractivity contribution in [2.24, 2.45) is 0 Å². The van der Waals surface area contributed by atoms with Crippen molar-refractivity contribution in [3.63, 3.8) is 0 Å². The van der Waals surface area contributed by atoms with Crippen LogP contribution in [0.1, 0.15) is 32.3 Å². The van der Waals surface area contributed by atoms with E-state index in [1.807, 2.05) is 6.92 Å². The highest BCUT2D eigenvalue weighted by atomic mass is 35.5. The van der Waals surface area contributed by atoms with E-state index in [0.717, 1.165) is 6.42 Å². The highest BCUT2D eigenvalue weighted by Crippen LogP contribution is 2.19. The molecule has 2 N–H and O–H groups in total. The number of hydrogen-bond donors (Lipinski definition) is 2. The van der Waals surface area contributed by atoms with Crippen LogP contribution >= 0.6 is 11.6 Å². The van der Waals surface area contributed by atoms with Crippen molar-refractivity contribution in [3.05, 3.63) is 34.6 Å². The number of aliphatic carboxylic acids is 1. The fourth-order valence-electron chi connectivity index (χ4n) is 1.73. The summed E-state index contributed by atoms with van der Waals surface area (Å²) in [5, 5.41) is 12.5.